The molecule has 0 fully saturated rings. The monoisotopic (exact) mass is 359 g/mol. The van der Waals surface area contributed by atoms with Crippen LogP contribution in [0, 0.1) is 0 Å². The third-order valence-electron chi connectivity index (χ3n) is 4.49. The minimum Gasteiger partial charge on any atom is -0.456 e. The quantitative estimate of drug-likeness (QED) is 0.573. The fourth-order valence-electron chi connectivity index (χ4n) is 3.01. The molecule has 0 unspecified atom stereocenters. The van der Waals surface area contributed by atoms with Gasteiger partial charge in [-0.05, 0) is 42.0 Å². The van der Waals surface area contributed by atoms with Crippen molar-refractivity contribution in [3.05, 3.63) is 83.4 Å². The van der Waals surface area contributed by atoms with Crippen LogP contribution in [0.25, 0.3) is 11.6 Å². The molecule has 2 aromatic heterocycles. The van der Waals surface area contributed by atoms with Gasteiger partial charge >= 0.3 is 5.97 Å². The number of hydrogen-bond acceptors (Lipinski definition) is 4. The number of fused-ring (bicyclic) bond motifs is 1. The molecule has 1 aromatic carbocycles. The lowest BCUT2D eigenvalue weighted by Gasteiger charge is -2.07. The molecule has 4 rings (SSSR count). The summed E-state index contributed by atoms with van der Waals surface area (Å²) in [5, 5.41) is 2.84. The molecule has 3 heterocycles. The van der Waals surface area contributed by atoms with Crippen LogP contribution in [0.2, 0.25) is 0 Å². The minimum absolute atomic E-state index is 0.154. The third kappa shape index (κ3) is 3.25. The normalized spacial score (nSPS) is 14.1. The van der Waals surface area contributed by atoms with Gasteiger partial charge in [-0.1, -0.05) is 18.2 Å². The van der Waals surface area contributed by atoms with Crippen molar-refractivity contribution in [1.82, 2.24) is 9.55 Å². The van der Waals surface area contributed by atoms with Gasteiger partial charge in [-0.25, -0.2) is 4.79 Å². The number of carbonyl (C=O) groups excluding carboxylic acids is 2. The van der Waals surface area contributed by atoms with Crippen LogP contribution < -0.4 is 5.32 Å². The van der Waals surface area contributed by atoms with E-state index in [9.17, 15) is 9.59 Å². The Morgan fingerprint density at radius 3 is 2.74 bits per heavy atom. The van der Waals surface area contributed by atoms with E-state index in [0.717, 1.165) is 22.5 Å². The van der Waals surface area contributed by atoms with E-state index >= 15 is 0 Å². The standard InChI is InChI=1S/C21H17N3O3/c1-24-15(12-17-16-4-2-3-5-18(16)23-20(17)25)6-7-19(24)21(26)27-13-14-8-10-22-11-9-14/h2-12H,13H2,1H3,(H,23,25). The van der Waals surface area contributed by atoms with Crippen LogP contribution in [-0.4, -0.2) is 21.4 Å². The molecule has 1 N–H and O–H groups in total. The Balaban J connectivity index is 1.56. The predicted octanol–water partition coefficient (Wildman–Crippen LogP) is 3.27. The molecule has 6 nitrogen and oxygen atoms in total. The van der Waals surface area contributed by atoms with E-state index in [1.54, 1.807) is 54.3 Å². The first-order valence-electron chi connectivity index (χ1n) is 8.47. The lowest BCUT2D eigenvalue weighted by molar-refractivity contribution is -0.110. The van der Waals surface area contributed by atoms with Crippen molar-refractivity contribution in [1.29, 1.82) is 0 Å². The van der Waals surface area contributed by atoms with Crippen molar-refractivity contribution in [2.75, 3.05) is 5.32 Å². The number of nitrogens with one attached hydrogen (secondary N) is 1. The molecule has 27 heavy (non-hydrogen) atoms. The largest absolute Gasteiger partial charge is 0.456 e. The zero-order chi connectivity index (χ0) is 18.8. The highest BCUT2D eigenvalue weighted by Crippen LogP contribution is 2.32. The summed E-state index contributed by atoms with van der Waals surface area (Å²) in [6.45, 7) is 0.179. The summed E-state index contributed by atoms with van der Waals surface area (Å²) < 4.78 is 7.09. The number of aromatic nitrogens is 2. The molecule has 6 heteroatoms. The van der Waals surface area contributed by atoms with Crippen LogP contribution in [0.4, 0.5) is 5.69 Å². The second kappa shape index (κ2) is 6.92. The SMILES string of the molecule is Cn1c(C=C2C(=O)Nc3ccccc32)ccc1C(=O)OCc1ccncc1. The molecule has 0 spiro atoms. The van der Waals surface area contributed by atoms with Crippen molar-refractivity contribution in [3.63, 3.8) is 0 Å². The first kappa shape index (κ1) is 16.8. The number of amides is 1. The van der Waals surface area contributed by atoms with Gasteiger partial charge in [0.1, 0.15) is 12.3 Å². The summed E-state index contributed by atoms with van der Waals surface area (Å²) in [5.41, 5.74) is 4.25. The van der Waals surface area contributed by atoms with Crippen molar-refractivity contribution in [2.45, 2.75) is 6.61 Å². The van der Waals surface area contributed by atoms with E-state index in [0.29, 0.717) is 11.3 Å². The average Bonchev–Trinajstić information content (AvgIpc) is 3.21. The Kier molecular flexibility index (Phi) is 4.30. The van der Waals surface area contributed by atoms with E-state index in [1.165, 1.54) is 0 Å². The molecular weight excluding hydrogens is 342 g/mol. The molecule has 1 aliphatic heterocycles. The molecule has 0 radical (unpaired) electrons. The molecular formula is C21H17N3O3. The van der Waals surface area contributed by atoms with Crippen molar-refractivity contribution >= 4 is 29.2 Å². The first-order valence-corrected chi connectivity index (χ1v) is 8.47. The fourth-order valence-corrected chi connectivity index (χ4v) is 3.01. The zero-order valence-corrected chi connectivity index (χ0v) is 14.7. The molecule has 134 valence electrons. The number of esters is 1. The number of ether oxygens (including phenoxy) is 1. The summed E-state index contributed by atoms with van der Waals surface area (Å²) >= 11 is 0. The van der Waals surface area contributed by atoms with Crippen LogP contribution in [-0.2, 0) is 23.2 Å². The summed E-state index contributed by atoms with van der Waals surface area (Å²) in [5.74, 6) is -0.575. The highest BCUT2D eigenvalue weighted by atomic mass is 16.5. The number of para-hydroxylation sites is 1. The van der Waals surface area contributed by atoms with Crippen molar-refractivity contribution < 1.29 is 14.3 Å². The van der Waals surface area contributed by atoms with Crippen LogP contribution in [0.1, 0.15) is 27.3 Å². The number of rotatable bonds is 4. The molecule has 0 saturated heterocycles. The van der Waals surface area contributed by atoms with E-state index < -0.39 is 5.97 Å². The number of nitrogens with zero attached hydrogens (tertiary/aromatic N) is 2. The first-order chi connectivity index (χ1) is 13.1. The maximum atomic E-state index is 12.4. The summed E-state index contributed by atoms with van der Waals surface area (Å²) in [6.07, 6.45) is 5.09. The van der Waals surface area contributed by atoms with Gasteiger partial charge in [0.15, 0.2) is 0 Å². The highest BCUT2D eigenvalue weighted by molar-refractivity contribution is 6.34. The number of carbonyl (C=O) groups is 2. The van der Waals surface area contributed by atoms with Gasteiger partial charge in [-0.15, -0.1) is 0 Å². The molecule has 0 aliphatic carbocycles. The Morgan fingerprint density at radius 1 is 1.15 bits per heavy atom. The third-order valence-corrected chi connectivity index (χ3v) is 4.49. The Bertz CT molecular complexity index is 1050. The molecule has 0 saturated carbocycles. The highest BCUT2D eigenvalue weighted by Gasteiger charge is 2.24. The molecule has 0 atom stereocenters. The van der Waals surface area contributed by atoms with Crippen molar-refractivity contribution in [3.8, 4) is 0 Å². The van der Waals surface area contributed by atoms with Gasteiger partial charge in [0.2, 0.25) is 0 Å². The number of pyridine rings is 1. The van der Waals surface area contributed by atoms with Crippen LogP contribution >= 0.6 is 0 Å². The number of benzene rings is 1. The van der Waals surface area contributed by atoms with Gasteiger partial charge in [-0.2, -0.15) is 0 Å². The summed E-state index contributed by atoms with van der Waals surface area (Å²) in [4.78, 5) is 28.6. The van der Waals surface area contributed by atoms with Crippen molar-refractivity contribution in [2.24, 2.45) is 7.05 Å². The van der Waals surface area contributed by atoms with Gasteiger partial charge in [-0.3, -0.25) is 9.78 Å². The minimum atomic E-state index is -0.421. The van der Waals surface area contributed by atoms with E-state index in [2.05, 4.69) is 10.3 Å². The molecule has 1 aliphatic rings. The van der Waals surface area contributed by atoms with E-state index in [4.69, 9.17) is 4.74 Å². The average molecular weight is 359 g/mol. The van der Waals surface area contributed by atoms with Crippen LogP contribution in [0.3, 0.4) is 0 Å². The lowest BCUT2D eigenvalue weighted by atomic mass is 10.1. The number of anilines is 1. The predicted molar refractivity (Wildman–Crippen MR) is 102 cm³/mol. The second-order valence-corrected chi connectivity index (χ2v) is 6.19. The zero-order valence-electron chi connectivity index (χ0n) is 14.7. The summed E-state index contributed by atoms with van der Waals surface area (Å²) in [6, 6.07) is 14.6. The molecule has 3 aromatic rings. The molecule has 0 bridgehead atoms. The lowest BCUT2D eigenvalue weighted by Crippen LogP contribution is -2.11. The van der Waals surface area contributed by atoms with E-state index in [1.807, 2.05) is 24.3 Å². The van der Waals surface area contributed by atoms with Crippen LogP contribution in [0.5, 0.6) is 0 Å². The second-order valence-electron chi connectivity index (χ2n) is 6.19. The van der Waals surface area contributed by atoms with E-state index in [-0.39, 0.29) is 12.5 Å². The Morgan fingerprint density at radius 2 is 1.93 bits per heavy atom. The van der Waals surface area contributed by atoms with Gasteiger partial charge in [0.05, 0.1) is 5.57 Å². The maximum Gasteiger partial charge on any atom is 0.355 e. The van der Waals surface area contributed by atoms with Gasteiger partial charge in [0.25, 0.3) is 5.91 Å². The molecule has 1 amide bonds. The topological polar surface area (TPSA) is 73.2 Å². The maximum absolute atomic E-state index is 12.4. The fraction of sp³-hybridized carbons (Fsp3) is 0.0952. The Hall–Kier alpha value is -3.67. The Labute approximate surface area is 156 Å². The number of hydrogen-bond donors (Lipinski definition) is 1. The smallest absolute Gasteiger partial charge is 0.355 e. The van der Waals surface area contributed by atoms with Gasteiger partial charge < -0.3 is 14.6 Å². The van der Waals surface area contributed by atoms with Gasteiger partial charge in [0, 0.05) is 36.4 Å². The summed E-state index contributed by atoms with van der Waals surface area (Å²) in [7, 11) is 1.77. The van der Waals surface area contributed by atoms with Crippen LogP contribution in [0.15, 0.2) is 60.9 Å².